The van der Waals surface area contributed by atoms with E-state index in [2.05, 4.69) is 44.2 Å². The Morgan fingerprint density at radius 1 is 1.00 bits per heavy atom. The number of hydrogen-bond acceptors (Lipinski definition) is 5. The number of nitrogens with zero attached hydrogens (tertiary/aromatic N) is 4. The number of pyridine rings is 1. The van der Waals surface area contributed by atoms with Crippen molar-refractivity contribution in [2.75, 3.05) is 38.0 Å². The van der Waals surface area contributed by atoms with Crippen LogP contribution in [0, 0.1) is 11.8 Å². The van der Waals surface area contributed by atoms with Gasteiger partial charge in [-0.05, 0) is 48.5 Å². The molecule has 2 aromatic heterocycles. The Kier molecular flexibility index (Phi) is 7.63. The number of fused-ring (bicyclic) bond motifs is 1. The topological polar surface area (TPSA) is 77.1 Å². The van der Waals surface area contributed by atoms with Gasteiger partial charge in [-0.25, -0.2) is 4.98 Å². The lowest BCUT2D eigenvalue weighted by atomic mass is 10.0. The molecular weight excluding hydrogens is 505 g/mol. The minimum atomic E-state index is -4.57. The molecule has 4 aromatic rings. The maximum absolute atomic E-state index is 14.0. The molecule has 200 valence electrons. The number of piperazine rings is 1. The molecule has 2 aromatic carbocycles. The number of carbonyl (C=O) groups is 1. The minimum absolute atomic E-state index is 0.0575. The summed E-state index contributed by atoms with van der Waals surface area (Å²) in [5.74, 6) is 5.43. The van der Waals surface area contributed by atoms with Crippen molar-refractivity contribution in [3.05, 3.63) is 88.7 Å². The standard InChI is InChI=1S/C29H27F3N6O/c1-2-37-10-12-38(13-11-37)19-23-9-8-22(16-26(23)29(30,31)32)28(39)35-25-5-3-4-20(15-25)6-7-21-14-24-18-34-36-27(24)33-17-21/h3-5,8-9,14-18H,2,10-13,19H2,1H3,(H,35,39)(H,33,34,36). The molecule has 39 heavy (non-hydrogen) atoms. The summed E-state index contributed by atoms with van der Waals surface area (Å²) >= 11 is 0. The first kappa shape index (κ1) is 26.4. The van der Waals surface area contributed by atoms with Crippen LogP contribution in [0.2, 0.25) is 0 Å². The van der Waals surface area contributed by atoms with E-state index in [4.69, 9.17) is 0 Å². The number of nitrogens with one attached hydrogen (secondary N) is 2. The molecule has 10 heteroatoms. The maximum Gasteiger partial charge on any atom is 0.416 e. The number of anilines is 1. The second-order valence-electron chi connectivity index (χ2n) is 9.40. The number of rotatable bonds is 5. The molecule has 1 saturated heterocycles. The molecule has 0 aliphatic carbocycles. The number of carbonyl (C=O) groups excluding carboxylic acids is 1. The lowest BCUT2D eigenvalue weighted by Gasteiger charge is -2.34. The van der Waals surface area contributed by atoms with Gasteiger partial charge in [0.1, 0.15) is 0 Å². The zero-order valence-corrected chi connectivity index (χ0v) is 21.3. The smallest absolute Gasteiger partial charge is 0.322 e. The van der Waals surface area contributed by atoms with Gasteiger partial charge in [-0.3, -0.25) is 14.8 Å². The van der Waals surface area contributed by atoms with Crippen LogP contribution in [0.5, 0.6) is 0 Å². The number of amides is 1. The van der Waals surface area contributed by atoms with E-state index >= 15 is 0 Å². The predicted molar refractivity (Wildman–Crippen MR) is 143 cm³/mol. The normalized spacial score (nSPS) is 14.7. The van der Waals surface area contributed by atoms with Gasteiger partial charge in [-0.1, -0.05) is 30.9 Å². The van der Waals surface area contributed by atoms with Crippen LogP contribution >= 0.6 is 0 Å². The zero-order chi connectivity index (χ0) is 27.4. The SMILES string of the molecule is CCN1CCN(Cc2ccc(C(=O)Nc3cccc(C#Cc4cnc5[nH]ncc5c4)c3)cc2C(F)(F)F)CC1. The molecular formula is C29H27F3N6O. The molecule has 2 N–H and O–H groups in total. The van der Waals surface area contributed by atoms with Crippen molar-refractivity contribution in [1.82, 2.24) is 25.0 Å². The molecule has 0 unspecified atom stereocenters. The fourth-order valence-corrected chi connectivity index (χ4v) is 4.55. The first-order valence-electron chi connectivity index (χ1n) is 12.7. The van der Waals surface area contributed by atoms with E-state index in [1.165, 1.54) is 12.1 Å². The number of hydrogen-bond donors (Lipinski definition) is 2. The number of likely N-dealkylation sites (N-methyl/N-ethyl adjacent to an activating group) is 1. The summed E-state index contributed by atoms with van der Waals surface area (Å²) in [4.78, 5) is 21.4. The van der Waals surface area contributed by atoms with Crippen LogP contribution in [-0.2, 0) is 12.7 Å². The van der Waals surface area contributed by atoms with Crippen LogP contribution < -0.4 is 5.32 Å². The van der Waals surface area contributed by atoms with Gasteiger partial charge in [0.05, 0.1) is 11.8 Å². The second-order valence-corrected chi connectivity index (χ2v) is 9.40. The van der Waals surface area contributed by atoms with Crippen molar-refractivity contribution in [3.63, 3.8) is 0 Å². The minimum Gasteiger partial charge on any atom is -0.322 e. The first-order chi connectivity index (χ1) is 18.8. The van der Waals surface area contributed by atoms with Crippen LogP contribution in [0.4, 0.5) is 18.9 Å². The van der Waals surface area contributed by atoms with Gasteiger partial charge in [0.2, 0.25) is 0 Å². The molecule has 3 heterocycles. The lowest BCUT2D eigenvalue weighted by Crippen LogP contribution is -2.45. The quantitative estimate of drug-likeness (QED) is 0.363. The Morgan fingerprint density at radius 3 is 2.54 bits per heavy atom. The van der Waals surface area contributed by atoms with Gasteiger partial charge >= 0.3 is 6.18 Å². The molecule has 5 rings (SSSR count). The Bertz CT molecular complexity index is 1540. The zero-order valence-electron chi connectivity index (χ0n) is 21.3. The molecule has 1 aliphatic heterocycles. The van der Waals surface area contributed by atoms with Crippen LogP contribution in [0.15, 0.2) is 60.9 Å². The number of H-pyrrole nitrogens is 1. The summed E-state index contributed by atoms with van der Waals surface area (Å²) < 4.78 is 41.9. The molecule has 0 atom stereocenters. The number of alkyl halides is 3. The van der Waals surface area contributed by atoms with E-state index in [0.29, 0.717) is 35.6 Å². The largest absolute Gasteiger partial charge is 0.416 e. The van der Waals surface area contributed by atoms with Gasteiger partial charge in [0, 0.05) is 66.7 Å². The van der Waals surface area contributed by atoms with Gasteiger partial charge in [0.25, 0.3) is 5.91 Å². The second kappa shape index (κ2) is 11.3. The molecule has 0 saturated carbocycles. The number of benzene rings is 2. The van der Waals surface area contributed by atoms with Crippen molar-refractivity contribution < 1.29 is 18.0 Å². The fraction of sp³-hybridized carbons (Fsp3) is 0.276. The third-order valence-corrected chi connectivity index (χ3v) is 6.75. The Hall–Kier alpha value is -4.20. The number of aromatic amines is 1. The van der Waals surface area contributed by atoms with Crippen LogP contribution in [0.25, 0.3) is 11.0 Å². The Labute approximate surface area is 224 Å². The Balaban J connectivity index is 1.30. The molecule has 1 aliphatic rings. The van der Waals surface area contributed by atoms with E-state index < -0.39 is 17.6 Å². The lowest BCUT2D eigenvalue weighted by molar-refractivity contribution is -0.138. The highest BCUT2D eigenvalue weighted by Crippen LogP contribution is 2.33. The highest BCUT2D eigenvalue weighted by molar-refractivity contribution is 6.04. The average Bonchev–Trinajstić information content (AvgIpc) is 3.40. The molecule has 1 fully saturated rings. The van der Waals surface area contributed by atoms with Crippen molar-refractivity contribution >= 4 is 22.6 Å². The summed E-state index contributed by atoms with van der Waals surface area (Å²) in [6.07, 6.45) is -1.28. The van der Waals surface area contributed by atoms with E-state index in [1.807, 2.05) is 11.0 Å². The predicted octanol–water partition coefficient (Wildman–Crippen LogP) is 4.77. The van der Waals surface area contributed by atoms with E-state index in [-0.39, 0.29) is 17.7 Å². The van der Waals surface area contributed by atoms with E-state index in [9.17, 15) is 18.0 Å². The molecule has 0 bridgehead atoms. The summed E-state index contributed by atoms with van der Waals surface area (Å²) in [7, 11) is 0. The van der Waals surface area contributed by atoms with Gasteiger partial charge < -0.3 is 10.2 Å². The highest BCUT2D eigenvalue weighted by Gasteiger charge is 2.34. The van der Waals surface area contributed by atoms with Crippen molar-refractivity contribution in [1.29, 1.82) is 0 Å². The van der Waals surface area contributed by atoms with E-state index in [1.54, 1.807) is 36.7 Å². The summed E-state index contributed by atoms with van der Waals surface area (Å²) in [5, 5.41) is 10.3. The number of aromatic nitrogens is 3. The molecule has 0 radical (unpaired) electrons. The van der Waals surface area contributed by atoms with Gasteiger partial charge in [-0.15, -0.1) is 0 Å². The van der Waals surface area contributed by atoms with E-state index in [0.717, 1.165) is 31.1 Å². The highest BCUT2D eigenvalue weighted by atomic mass is 19.4. The maximum atomic E-state index is 14.0. The number of halogens is 3. The van der Waals surface area contributed by atoms with Crippen LogP contribution in [0.1, 0.15) is 39.5 Å². The molecule has 7 nitrogen and oxygen atoms in total. The summed E-state index contributed by atoms with van der Waals surface area (Å²) in [5.41, 5.74) is 1.77. The third-order valence-electron chi connectivity index (χ3n) is 6.75. The van der Waals surface area contributed by atoms with Crippen molar-refractivity contribution in [2.24, 2.45) is 0 Å². The Morgan fingerprint density at radius 2 is 1.77 bits per heavy atom. The monoisotopic (exact) mass is 532 g/mol. The van der Waals surface area contributed by atoms with Gasteiger partial charge in [0.15, 0.2) is 5.65 Å². The summed E-state index contributed by atoms with van der Waals surface area (Å²) in [6.45, 7) is 6.28. The third kappa shape index (κ3) is 6.45. The van der Waals surface area contributed by atoms with Crippen LogP contribution in [-0.4, -0.2) is 63.6 Å². The summed E-state index contributed by atoms with van der Waals surface area (Å²) in [6, 6.07) is 12.5. The van der Waals surface area contributed by atoms with Crippen LogP contribution in [0.3, 0.4) is 0 Å². The van der Waals surface area contributed by atoms with Crippen molar-refractivity contribution in [2.45, 2.75) is 19.6 Å². The first-order valence-corrected chi connectivity index (χ1v) is 12.7. The molecule has 0 spiro atoms. The average molecular weight is 533 g/mol. The fourth-order valence-electron chi connectivity index (χ4n) is 4.55. The molecule has 1 amide bonds. The van der Waals surface area contributed by atoms with Gasteiger partial charge in [-0.2, -0.15) is 18.3 Å². The van der Waals surface area contributed by atoms with Crippen molar-refractivity contribution in [3.8, 4) is 11.8 Å².